The van der Waals surface area contributed by atoms with E-state index in [1.807, 2.05) is 26.1 Å². The quantitative estimate of drug-likeness (QED) is 0.869. The summed E-state index contributed by atoms with van der Waals surface area (Å²) in [6.07, 6.45) is 3.81. The molecular formula is C14H22N4O. The minimum Gasteiger partial charge on any atom is -0.494 e. The van der Waals surface area contributed by atoms with Gasteiger partial charge in [-0.25, -0.2) is 0 Å². The summed E-state index contributed by atoms with van der Waals surface area (Å²) in [6.45, 7) is 8.09. The van der Waals surface area contributed by atoms with Crippen LogP contribution in [0.4, 0.5) is 5.69 Å². The van der Waals surface area contributed by atoms with Gasteiger partial charge in [0, 0.05) is 44.6 Å². The van der Waals surface area contributed by atoms with Gasteiger partial charge in [0.25, 0.3) is 0 Å². The molecule has 3 rings (SSSR count). The van der Waals surface area contributed by atoms with Crippen LogP contribution in [0.3, 0.4) is 0 Å². The smallest absolute Gasteiger partial charge is 0.146 e. The van der Waals surface area contributed by atoms with Gasteiger partial charge in [0.05, 0.1) is 12.8 Å². The summed E-state index contributed by atoms with van der Waals surface area (Å²) < 4.78 is 5.33. The molecular weight excluding hydrogens is 240 g/mol. The molecule has 2 aromatic heterocycles. The van der Waals surface area contributed by atoms with Crippen LogP contribution >= 0.6 is 0 Å². The van der Waals surface area contributed by atoms with Crippen LogP contribution in [0.15, 0.2) is 18.5 Å². The van der Waals surface area contributed by atoms with Gasteiger partial charge in [-0.1, -0.05) is 13.8 Å². The molecule has 2 aromatic rings. The minimum atomic E-state index is 0.844. The van der Waals surface area contributed by atoms with E-state index in [1.54, 1.807) is 13.3 Å². The third-order valence-electron chi connectivity index (χ3n) is 3.19. The Labute approximate surface area is 114 Å². The molecule has 1 fully saturated rings. The summed E-state index contributed by atoms with van der Waals surface area (Å²) >= 11 is 0. The van der Waals surface area contributed by atoms with Crippen LogP contribution in [0.2, 0.25) is 0 Å². The lowest BCUT2D eigenvalue weighted by Gasteiger charge is -2.28. The molecule has 0 aromatic carbocycles. The van der Waals surface area contributed by atoms with Crippen molar-refractivity contribution in [1.82, 2.24) is 15.3 Å². The Balaban J connectivity index is 0.000000637. The summed E-state index contributed by atoms with van der Waals surface area (Å²) in [5, 5.41) is 3.35. The van der Waals surface area contributed by atoms with E-state index in [1.165, 1.54) is 5.69 Å². The minimum absolute atomic E-state index is 0.844. The fourth-order valence-corrected chi connectivity index (χ4v) is 2.30. The zero-order chi connectivity index (χ0) is 13.7. The molecule has 0 aliphatic carbocycles. The van der Waals surface area contributed by atoms with E-state index in [4.69, 9.17) is 4.74 Å². The molecule has 0 radical (unpaired) electrons. The normalized spacial score (nSPS) is 15.0. The Hall–Kier alpha value is -1.75. The number of H-pyrrole nitrogens is 1. The second kappa shape index (κ2) is 6.43. The lowest BCUT2D eigenvalue weighted by atomic mass is 10.3. The van der Waals surface area contributed by atoms with Gasteiger partial charge in [0.15, 0.2) is 0 Å². The third kappa shape index (κ3) is 2.66. The molecule has 0 unspecified atom stereocenters. The van der Waals surface area contributed by atoms with Gasteiger partial charge in [-0.15, -0.1) is 0 Å². The predicted octanol–water partition coefficient (Wildman–Crippen LogP) is 2.01. The van der Waals surface area contributed by atoms with Crippen LogP contribution in [0.25, 0.3) is 11.0 Å². The summed E-state index contributed by atoms with van der Waals surface area (Å²) in [6, 6.07) is 1.88. The molecule has 0 amide bonds. The molecule has 2 N–H and O–H groups in total. The van der Waals surface area contributed by atoms with Gasteiger partial charge < -0.3 is 19.9 Å². The highest BCUT2D eigenvalue weighted by Crippen LogP contribution is 2.30. The number of aromatic amines is 1. The maximum atomic E-state index is 5.33. The van der Waals surface area contributed by atoms with Crippen molar-refractivity contribution in [1.29, 1.82) is 0 Å². The van der Waals surface area contributed by atoms with Gasteiger partial charge in [-0.3, -0.25) is 4.98 Å². The first-order valence-electron chi connectivity index (χ1n) is 6.86. The van der Waals surface area contributed by atoms with Crippen molar-refractivity contribution in [3.63, 3.8) is 0 Å². The second-order valence-corrected chi connectivity index (χ2v) is 4.15. The summed E-state index contributed by atoms with van der Waals surface area (Å²) in [5.41, 5.74) is 3.13. The molecule has 1 aliphatic rings. The van der Waals surface area contributed by atoms with Crippen LogP contribution in [0.1, 0.15) is 13.8 Å². The van der Waals surface area contributed by atoms with Crippen molar-refractivity contribution in [3.05, 3.63) is 18.5 Å². The Kier molecular flexibility index (Phi) is 4.63. The average Bonchev–Trinajstić information content (AvgIpc) is 2.94. The zero-order valence-corrected chi connectivity index (χ0v) is 11.9. The Morgan fingerprint density at radius 3 is 2.68 bits per heavy atom. The van der Waals surface area contributed by atoms with E-state index in [-0.39, 0.29) is 0 Å². The van der Waals surface area contributed by atoms with Crippen LogP contribution in [0.5, 0.6) is 5.75 Å². The number of hydrogen-bond donors (Lipinski definition) is 2. The number of methoxy groups -OCH3 is 1. The van der Waals surface area contributed by atoms with Crippen molar-refractivity contribution in [3.8, 4) is 5.75 Å². The van der Waals surface area contributed by atoms with Gasteiger partial charge in [-0.05, 0) is 0 Å². The van der Waals surface area contributed by atoms with Crippen molar-refractivity contribution in [2.24, 2.45) is 0 Å². The number of piperazine rings is 1. The van der Waals surface area contributed by atoms with Crippen molar-refractivity contribution in [2.45, 2.75) is 13.8 Å². The molecule has 3 heterocycles. The zero-order valence-electron chi connectivity index (χ0n) is 11.9. The number of pyridine rings is 1. The summed E-state index contributed by atoms with van der Waals surface area (Å²) in [7, 11) is 1.68. The van der Waals surface area contributed by atoms with Crippen LogP contribution < -0.4 is 15.0 Å². The summed E-state index contributed by atoms with van der Waals surface area (Å²) in [5.74, 6) is 0.844. The Bertz CT molecular complexity index is 517. The lowest BCUT2D eigenvalue weighted by Crippen LogP contribution is -2.43. The van der Waals surface area contributed by atoms with E-state index in [9.17, 15) is 0 Å². The molecule has 5 heteroatoms. The first-order chi connectivity index (χ1) is 9.40. The number of anilines is 1. The molecule has 19 heavy (non-hydrogen) atoms. The highest BCUT2D eigenvalue weighted by atomic mass is 16.5. The first kappa shape index (κ1) is 13.7. The molecule has 0 saturated carbocycles. The number of nitrogens with zero attached hydrogens (tertiary/aromatic N) is 2. The topological polar surface area (TPSA) is 53.2 Å². The summed E-state index contributed by atoms with van der Waals surface area (Å²) in [4.78, 5) is 10.1. The fraction of sp³-hybridized carbons (Fsp3) is 0.500. The monoisotopic (exact) mass is 262 g/mol. The highest BCUT2D eigenvalue weighted by molar-refractivity contribution is 5.93. The van der Waals surface area contributed by atoms with Gasteiger partial charge in [0.1, 0.15) is 16.8 Å². The largest absolute Gasteiger partial charge is 0.494 e. The highest BCUT2D eigenvalue weighted by Gasteiger charge is 2.16. The number of fused-ring (bicyclic) bond motifs is 1. The Morgan fingerprint density at radius 1 is 1.26 bits per heavy atom. The number of ether oxygens (including phenoxy) is 1. The molecule has 0 spiro atoms. The molecule has 5 nitrogen and oxygen atoms in total. The molecule has 0 bridgehead atoms. The van der Waals surface area contributed by atoms with E-state index >= 15 is 0 Å². The maximum absolute atomic E-state index is 5.33. The van der Waals surface area contributed by atoms with Gasteiger partial charge in [-0.2, -0.15) is 0 Å². The standard InChI is InChI=1S/C12H16N4O.C2H6/c1-17-10-2-3-14-11-9(8-15-12(10)11)16-6-4-13-5-7-16;1-2/h2-3,8,13,15H,4-7H2,1H3;1-2H3. The molecule has 1 saturated heterocycles. The van der Waals surface area contributed by atoms with E-state index in [0.717, 1.165) is 43.0 Å². The van der Waals surface area contributed by atoms with Crippen LogP contribution in [-0.4, -0.2) is 43.3 Å². The van der Waals surface area contributed by atoms with Crippen LogP contribution in [-0.2, 0) is 0 Å². The number of nitrogens with one attached hydrogen (secondary N) is 2. The van der Waals surface area contributed by atoms with E-state index < -0.39 is 0 Å². The van der Waals surface area contributed by atoms with Gasteiger partial charge in [0.2, 0.25) is 0 Å². The predicted molar refractivity (Wildman–Crippen MR) is 79.1 cm³/mol. The van der Waals surface area contributed by atoms with Crippen LogP contribution in [0, 0.1) is 0 Å². The molecule has 0 atom stereocenters. The number of aromatic nitrogens is 2. The second-order valence-electron chi connectivity index (χ2n) is 4.15. The molecule has 104 valence electrons. The number of hydrogen-bond acceptors (Lipinski definition) is 4. The Morgan fingerprint density at radius 2 is 2.00 bits per heavy atom. The SMILES string of the molecule is CC.COc1ccnc2c(N3CCNCC3)c[nH]c12. The lowest BCUT2D eigenvalue weighted by molar-refractivity contribution is 0.418. The maximum Gasteiger partial charge on any atom is 0.146 e. The van der Waals surface area contributed by atoms with E-state index in [0.29, 0.717) is 0 Å². The van der Waals surface area contributed by atoms with Crippen molar-refractivity contribution in [2.75, 3.05) is 38.2 Å². The average molecular weight is 262 g/mol. The fourth-order valence-electron chi connectivity index (χ4n) is 2.30. The number of rotatable bonds is 2. The van der Waals surface area contributed by atoms with Crippen molar-refractivity contribution < 1.29 is 4.74 Å². The van der Waals surface area contributed by atoms with E-state index in [2.05, 4.69) is 20.2 Å². The van der Waals surface area contributed by atoms with Crippen molar-refractivity contribution >= 4 is 16.7 Å². The molecule has 1 aliphatic heterocycles. The third-order valence-corrected chi connectivity index (χ3v) is 3.19. The van der Waals surface area contributed by atoms with Gasteiger partial charge >= 0.3 is 0 Å². The first-order valence-corrected chi connectivity index (χ1v) is 6.86.